The quantitative estimate of drug-likeness (QED) is 0.0609. The van der Waals surface area contributed by atoms with Crippen LogP contribution in [0, 0.1) is 0 Å². The van der Waals surface area contributed by atoms with E-state index in [-0.39, 0.29) is 34.3 Å². The topological polar surface area (TPSA) is 371 Å². The molecule has 0 heterocycles. The molecule has 0 unspecified atom stereocenters. The van der Waals surface area contributed by atoms with Gasteiger partial charge in [-0.1, -0.05) is 24.3 Å². The SMILES string of the molecule is COc1cc(-c2ccc(N/N=C3\C=Cc4c(S(=O)(=O)O)cc(S(=O)(=O)O)c(N)c4C3=O)c(OC)c2)ccc1N/N=C1/C=Cc2c(S(=O)(=O)O)cc(S(=O)(=O)O)c(N)c2C1=O. The summed E-state index contributed by atoms with van der Waals surface area (Å²) in [6.07, 6.45) is 4.29. The molecule has 0 radical (unpaired) electrons. The lowest BCUT2D eigenvalue weighted by Gasteiger charge is -2.18. The highest BCUT2D eigenvalue weighted by atomic mass is 32.2. The van der Waals surface area contributed by atoms with Crippen molar-refractivity contribution in [2.45, 2.75) is 19.6 Å². The predicted octanol–water partition coefficient (Wildman–Crippen LogP) is 2.88. The van der Waals surface area contributed by atoms with E-state index >= 15 is 0 Å². The van der Waals surface area contributed by atoms with Crippen LogP contribution < -0.4 is 31.8 Å². The Morgan fingerprint density at radius 1 is 0.517 bits per heavy atom. The van der Waals surface area contributed by atoms with Crippen molar-refractivity contribution >= 4 is 98.4 Å². The number of Topliss-reactive ketones (excluding diaryl/α,β-unsaturated/α-hetero) is 2. The number of nitrogen functional groups attached to an aromatic ring is 2. The fraction of sp³-hybridized carbons (Fsp3) is 0.0588. The van der Waals surface area contributed by atoms with Gasteiger partial charge in [-0.05, 0) is 59.7 Å². The van der Waals surface area contributed by atoms with Crippen LogP contribution in [-0.2, 0) is 40.5 Å². The minimum Gasteiger partial charge on any atom is -0.494 e. The van der Waals surface area contributed by atoms with Crippen molar-refractivity contribution in [3.8, 4) is 22.6 Å². The Morgan fingerprint density at radius 3 is 1.15 bits per heavy atom. The molecule has 0 aliphatic heterocycles. The summed E-state index contributed by atoms with van der Waals surface area (Å²) >= 11 is 0. The molecule has 26 heteroatoms. The molecule has 22 nitrogen and oxygen atoms in total. The van der Waals surface area contributed by atoms with Crippen LogP contribution in [0.25, 0.3) is 23.3 Å². The Labute approximate surface area is 339 Å². The smallest absolute Gasteiger partial charge is 0.296 e. The lowest BCUT2D eigenvalue weighted by molar-refractivity contribution is 0.105. The van der Waals surface area contributed by atoms with E-state index in [9.17, 15) is 61.5 Å². The Balaban J connectivity index is 1.27. The standard InChI is InChI=1S/C34H28N6O16S4/c1-55-23-11-15(3-7-19(23)37-39-21-9-5-17-25(57(43,44)45)13-27(59(49,50)51)31(35)29(17)33(21)41)16-4-8-20(24(12-16)56-2)38-40-22-10-6-18-26(58(46,47)48)14-28(60(52,53)54)32(36)30(18)34(22)42/h3-14,37-38H,35-36H2,1-2H3,(H,43,44,45)(H,46,47,48)(H,49,50,51)(H,52,53,54)/b39-21-,40-22+. The number of anilines is 4. The van der Waals surface area contributed by atoms with Crippen molar-refractivity contribution in [2.24, 2.45) is 10.2 Å². The van der Waals surface area contributed by atoms with Crippen molar-refractivity contribution in [1.82, 2.24) is 0 Å². The molecule has 314 valence electrons. The number of nitrogens with two attached hydrogens (primary N) is 2. The molecule has 4 aromatic rings. The average Bonchev–Trinajstić information content (AvgIpc) is 3.15. The number of nitrogens with zero attached hydrogens (tertiary/aromatic N) is 2. The zero-order valence-electron chi connectivity index (χ0n) is 30.3. The number of carbonyl (C=O) groups is 2. The molecule has 2 aliphatic rings. The molecular formula is C34H28N6O16S4. The number of carbonyl (C=O) groups excluding carboxylic acids is 2. The van der Waals surface area contributed by atoms with Crippen LogP contribution in [0.2, 0.25) is 0 Å². The number of methoxy groups -OCH3 is 2. The first-order chi connectivity index (χ1) is 27.9. The van der Waals surface area contributed by atoms with Crippen LogP contribution in [0.5, 0.6) is 11.5 Å². The van der Waals surface area contributed by atoms with Gasteiger partial charge in [0.05, 0.1) is 48.1 Å². The van der Waals surface area contributed by atoms with E-state index in [0.717, 1.165) is 24.3 Å². The average molecular weight is 905 g/mol. The van der Waals surface area contributed by atoms with Crippen LogP contribution in [-0.4, -0.2) is 89.1 Å². The third kappa shape index (κ3) is 8.07. The molecule has 2 aliphatic carbocycles. The monoisotopic (exact) mass is 904 g/mol. The molecule has 4 aromatic carbocycles. The van der Waals surface area contributed by atoms with Gasteiger partial charge >= 0.3 is 0 Å². The molecule has 0 bridgehead atoms. The van der Waals surface area contributed by atoms with Gasteiger partial charge in [0.2, 0.25) is 11.6 Å². The lowest BCUT2D eigenvalue weighted by Crippen LogP contribution is -2.23. The first-order valence-corrected chi connectivity index (χ1v) is 21.9. The summed E-state index contributed by atoms with van der Waals surface area (Å²) in [6, 6.07) is 10.3. The summed E-state index contributed by atoms with van der Waals surface area (Å²) < 4.78 is 145. The van der Waals surface area contributed by atoms with Crippen LogP contribution in [0.1, 0.15) is 31.8 Å². The first kappa shape index (κ1) is 43.1. The fourth-order valence-corrected chi connectivity index (χ4v) is 8.95. The van der Waals surface area contributed by atoms with Crippen molar-refractivity contribution < 1.29 is 70.9 Å². The number of benzene rings is 4. The Kier molecular flexibility index (Phi) is 11.0. The number of hydrogen-bond acceptors (Lipinski definition) is 18. The van der Waals surface area contributed by atoms with E-state index in [2.05, 4.69) is 21.1 Å². The highest BCUT2D eigenvalue weighted by Gasteiger charge is 2.35. The molecule has 10 N–H and O–H groups in total. The van der Waals surface area contributed by atoms with Gasteiger partial charge in [0, 0.05) is 11.1 Å². The van der Waals surface area contributed by atoms with Crippen LogP contribution >= 0.6 is 0 Å². The summed E-state index contributed by atoms with van der Waals surface area (Å²) in [4.78, 5) is 22.6. The van der Waals surface area contributed by atoms with Crippen molar-refractivity contribution in [3.05, 3.63) is 82.9 Å². The normalized spacial score (nSPS) is 15.5. The highest BCUT2D eigenvalue weighted by Crippen LogP contribution is 2.38. The van der Waals surface area contributed by atoms with Crippen molar-refractivity contribution in [1.29, 1.82) is 0 Å². The van der Waals surface area contributed by atoms with Crippen molar-refractivity contribution in [2.75, 3.05) is 36.5 Å². The Hall–Kier alpha value is -6.52. The number of allylic oxidation sites excluding steroid dienone is 2. The Morgan fingerprint density at radius 2 is 0.850 bits per heavy atom. The third-order valence-corrected chi connectivity index (χ3v) is 12.4. The van der Waals surface area contributed by atoms with Gasteiger partial charge in [0.15, 0.2) is 0 Å². The van der Waals surface area contributed by atoms with Crippen LogP contribution in [0.15, 0.2) is 90.5 Å². The van der Waals surface area contributed by atoms with E-state index < -0.39 is 105 Å². The minimum atomic E-state index is -5.15. The number of ketones is 2. The van der Waals surface area contributed by atoms with Gasteiger partial charge < -0.3 is 20.9 Å². The number of nitrogens with one attached hydrogen (secondary N) is 2. The zero-order chi connectivity index (χ0) is 44.3. The maximum atomic E-state index is 13.4. The second-order valence-corrected chi connectivity index (χ2v) is 18.0. The molecule has 0 saturated carbocycles. The summed E-state index contributed by atoms with van der Waals surface area (Å²) in [5.41, 5.74) is 14.0. The lowest BCUT2D eigenvalue weighted by atomic mass is 9.93. The zero-order valence-corrected chi connectivity index (χ0v) is 33.6. The predicted molar refractivity (Wildman–Crippen MR) is 215 cm³/mol. The summed E-state index contributed by atoms with van der Waals surface area (Å²) in [7, 11) is -17.8. The molecular weight excluding hydrogens is 877 g/mol. The van der Waals surface area contributed by atoms with E-state index in [1.165, 1.54) is 26.4 Å². The Bertz CT molecular complexity index is 2970. The van der Waals surface area contributed by atoms with E-state index in [4.69, 9.17) is 20.9 Å². The van der Waals surface area contributed by atoms with Gasteiger partial charge in [-0.2, -0.15) is 43.9 Å². The summed E-state index contributed by atoms with van der Waals surface area (Å²) in [5.74, 6) is -1.72. The van der Waals surface area contributed by atoms with Gasteiger partial charge in [-0.3, -0.25) is 38.7 Å². The van der Waals surface area contributed by atoms with Gasteiger partial charge in [0.1, 0.15) is 42.5 Å². The minimum absolute atomic E-state index is 0.190. The van der Waals surface area contributed by atoms with Gasteiger partial charge in [-0.25, -0.2) is 0 Å². The maximum absolute atomic E-state index is 13.4. The molecule has 6 rings (SSSR count). The maximum Gasteiger partial charge on any atom is 0.296 e. The van der Waals surface area contributed by atoms with E-state index in [1.807, 2.05) is 0 Å². The molecule has 60 heavy (non-hydrogen) atoms. The summed E-state index contributed by atoms with van der Waals surface area (Å²) in [5, 5.41) is 8.08. The van der Waals surface area contributed by atoms with Crippen LogP contribution in [0.3, 0.4) is 0 Å². The number of hydrogen-bond donors (Lipinski definition) is 8. The summed E-state index contributed by atoms with van der Waals surface area (Å²) in [6.45, 7) is 0. The number of fused-ring (bicyclic) bond motifs is 2. The highest BCUT2D eigenvalue weighted by molar-refractivity contribution is 7.87. The second kappa shape index (κ2) is 15.3. The molecule has 0 aromatic heterocycles. The first-order valence-electron chi connectivity index (χ1n) is 16.2. The van der Waals surface area contributed by atoms with Crippen molar-refractivity contribution in [3.63, 3.8) is 0 Å². The van der Waals surface area contributed by atoms with E-state index in [0.29, 0.717) is 23.3 Å². The molecule has 0 atom stereocenters. The molecule has 0 fully saturated rings. The van der Waals surface area contributed by atoms with Gasteiger partial charge in [0.25, 0.3) is 40.5 Å². The third-order valence-electron chi connectivity index (χ3n) is 8.84. The molecule has 0 amide bonds. The van der Waals surface area contributed by atoms with Crippen LogP contribution in [0.4, 0.5) is 22.7 Å². The van der Waals surface area contributed by atoms with E-state index in [1.54, 1.807) is 24.3 Å². The number of hydrazone groups is 2. The largest absolute Gasteiger partial charge is 0.494 e. The fourth-order valence-electron chi connectivity index (χ4n) is 6.08. The molecule has 0 spiro atoms. The number of ether oxygens (including phenoxy) is 2. The number of rotatable bonds is 11. The van der Waals surface area contributed by atoms with Gasteiger partial charge in [-0.15, -0.1) is 0 Å². The molecule has 0 saturated heterocycles. The second-order valence-electron chi connectivity index (χ2n) is 12.4.